The molecule has 4 nitrogen and oxygen atoms in total. The molecule has 0 aliphatic heterocycles. The Morgan fingerprint density at radius 1 is 1.39 bits per heavy atom. The van der Waals surface area contributed by atoms with Gasteiger partial charge in [0, 0.05) is 11.7 Å². The largest absolute Gasteiger partial charge is 0.398 e. The molecule has 18 heavy (non-hydrogen) atoms. The van der Waals surface area contributed by atoms with Crippen LogP contribution in [0.5, 0.6) is 0 Å². The molecule has 2 rings (SSSR count). The van der Waals surface area contributed by atoms with E-state index in [1.807, 2.05) is 0 Å². The predicted octanol–water partition coefficient (Wildman–Crippen LogP) is 1.79. The lowest BCUT2D eigenvalue weighted by molar-refractivity contribution is 0.270. The molecule has 0 saturated heterocycles. The van der Waals surface area contributed by atoms with E-state index in [1.54, 1.807) is 6.92 Å². The molecule has 0 aromatic heterocycles. The lowest BCUT2D eigenvalue weighted by Crippen LogP contribution is -2.43. The zero-order chi connectivity index (χ0) is 13.5. The Morgan fingerprint density at radius 3 is 2.56 bits per heavy atom. The number of aryl methyl sites for hydroxylation is 1. The highest BCUT2D eigenvalue weighted by Gasteiger charge is 2.31. The molecule has 100 valence electrons. The van der Waals surface area contributed by atoms with Gasteiger partial charge in [-0.2, -0.15) is 0 Å². The molecule has 1 fully saturated rings. The monoisotopic (exact) mass is 272 g/mol. The topological polar surface area (TPSA) is 72.2 Å². The van der Waals surface area contributed by atoms with Crippen LogP contribution in [0.1, 0.15) is 25.3 Å². The van der Waals surface area contributed by atoms with Gasteiger partial charge in [0.1, 0.15) is 10.7 Å². The zero-order valence-corrected chi connectivity index (χ0v) is 11.2. The summed E-state index contributed by atoms with van der Waals surface area (Å²) >= 11 is 0. The van der Waals surface area contributed by atoms with Gasteiger partial charge in [-0.1, -0.05) is 6.92 Å². The molecule has 1 saturated carbocycles. The average molecular weight is 272 g/mol. The minimum Gasteiger partial charge on any atom is -0.398 e. The number of nitrogens with one attached hydrogen (secondary N) is 1. The third-order valence-electron chi connectivity index (χ3n) is 3.31. The summed E-state index contributed by atoms with van der Waals surface area (Å²) in [7, 11) is -3.82. The van der Waals surface area contributed by atoms with Gasteiger partial charge in [-0.25, -0.2) is 17.5 Å². The highest BCUT2D eigenvalue weighted by Crippen LogP contribution is 2.29. The van der Waals surface area contributed by atoms with E-state index in [9.17, 15) is 12.8 Å². The first kappa shape index (κ1) is 13.3. The standard InChI is InChI=1S/C12H17FN2O2S/c1-7-3-9(4-7)15-18(16,17)12-6-11(14)8(2)5-10(12)13/h5-7,9,15H,3-4,14H2,1-2H3. The van der Waals surface area contributed by atoms with Crippen LogP contribution < -0.4 is 10.5 Å². The Morgan fingerprint density at radius 2 is 2.00 bits per heavy atom. The van der Waals surface area contributed by atoms with Crippen LogP contribution in [-0.2, 0) is 10.0 Å². The number of hydrogen-bond donors (Lipinski definition) is 2. The molecule has 1 aromatic carbocycles. The second-order valence-electron chi connectivity index (χ2n) is 5.03. The van der Waals surface area contributed by atoms with E-state index in [4.69, 9.17) is 5.73 Å². The number of nitrogen functional groups attached to an aromatic ring is 1. The van der Waals surface area contributed by atoms with Crippen molar-refractivity contribution >= 4 is 15.7 Å². The van der Waals surface area contributed by atoms with Crippen LogP contribution in [0, 0.1) is 18.7 Å². The van der Waals surface area contributed by atoms with Gasteiger partial charge < -0.3 is 5.73 Å². The van der Waals surface area contributed by atoms with Gasteiger partial charge in [-0.3, -0.25) is 0 Å². The summed E-state index contributed by atoms with van der Waals surface area (Å²) < 4.78 is 40.2. The van der Waals surface area contributed by atoms with Gasteiger partial charge in [-0.15, -0.1) is 0 Å². The quantitative estimate of drug-likeness (QED) is 0.824. The maximum Gasteiger partial charge on any atom is 0.243 e. The number of benzene rings is 1. The van der Waals surface area contributed by atoms with Gasteiger partial charge in [0.25, 0.3) is 0 Å². The molecular formula is C12H17FN2O2S. The number of hydrogen-bond acceptors (Lipinski definition) is 3. The van der Waals surface area contributed by atoms with Crippen LogP contribution in [0.4, 0.5) is 10.1 Å². The summed E-state index contributed by atoms with van der Waals surface area (Å²) in [4.78, 5) is -0.370. The summed E-state index contributed by atoms with van der Waals surface area (Å²) in [5.41, 5.74) is 6.43. The van der Waals surface area contributed by atoms with E-state index in [0.29, 0.717) is 11.5 Å². The van der Waals surface area contributed by atoms with Crippen LogP contribution >= 0.6 is 0 Å². The third kappa shape index (κ3) is 2.49. The minimum absolute atomic E-state index is 0.0908. The van der Waals surface area contributed by atoms with Gasteiger partial charge >= 0.3 is 0 Å². The van der Waals surface area contributed by atoms with E-state index in [-0.39, 0.29) is 16.6 Å². The SMILES string of the molecule is Cc1cc(F)c(S(=O)(=O)NC2CC(C)C2)cc1N. The van der Waals surface area contributed by atoms with Gasteiger partial charge in [0.15, 0.2) is 0 Å². The van der Waals surface area contributed by atoms with Crippen LogP contribution in [0.15, 0.2) is 17.0 Å². The maximum absolute atomic E-state index is 13.7. The van der Waals surface area contributed by atoms with Crippen molar-refractivity contribution in [2.45, 2.75) is 37.6 Å². The number of rotatable bonds is 3. The molecule has 6 heteroatoms. The van der Waals surface area contributed by atoms with Crippen molar-refractivity contribution < 1.29 is 12.8 Å². The number of anilines is 1. The fourth-order valence-corrected chi connectivity index (χ4v) is 3.51. The lowest BCUT2D eigenvalue weighted by atomic mass is 9.83. The Balaban J connectivity index is 2.27. The fourth-order valence-electron chi connectivity index (χ4n) is 2.16. The van der Waals surface area contributed by atoms with Crippen molar-refractivity contribution in [3.8, 4) is 0 Å². The first-order valence-electron chi connectivity index (χ1n) is 5.87. The molecule has 0 atom stereocenters. The Bertz CT molecular complexity index is 566. The molecular weight excluding hydrogens is 255 g/mol. The maximum atomic E-state index is 13.7. The number of sulfonamides is 1. The Labute approximate surface area is 106 Å². The molecule has 0 amide bonds. The van der Waals surface area contributed by atoms with Crippen molar-refractivity contribution in [2.75, 3.05) is 5.73 Å². The van der Waals surface area contributed by atoms with Crippen LogP contribution in [-0.4, -0.2) is 14.5 Å². The van der Waals surface area contributed by atoms with Crippen LogP contribution in [0.3, 0.4) is 0 Å². The van der Waals surface area contributed by atoms with Crippen LogP contribution in [0.25, 0.3) is 0 Å². The molecule has 0 unspecified atom stereocenters. The highest BCUT2D eigenvalue weighted by atomic mass is 32.2. The van der Waals surface area contributed by atoms with Crippen LogP contribution in [0.2, 0.25) is 0 Å². The van der Waals surface area contributed by atoms with Crippen molar-refractivity contribution in [3.05, 3.63) is 23.5 Å². The number of halogens is 1. The predicted molar refractivity (Wildman–Crippen MR) is 68.1 cm³/mol. The molecule has 1 aromatic rings. The molecule has 0 heterocycles. The second kappa shape index (κ2) is 4.51. The summed E-state index contributed by atoms with van der Waals surface area (Å²) in [6.45, 7) is 3.69. The smallest absolute Gasteiger partial charge is 0.243 e. The van der Waals surface area contributed by atoms with E-state index in [1.165, 1.54) is 6.07 Å². The van der Waals surface area contributed by atoms with Gasteiger partial charge in [-0.05, 0) is 43.4 Å². The fraction of sp³-hybridized carbons (Fsp3) is 0.500. The van der Waals surface area contributed by atoms with E-state index >= 15 is 0 Å². The zero-order valence-electron chi connectivity index (χ0n) is 10.4. The first-order chi connectivity index (χ1) is 8.29. The van der Waals surface area contributed by atoms with E-state index in [0.717, 1.165) is 18.9 Å². The van der Waals surface area contributed by atoms with Crippen molar-refractivity contribution in [2.24, 2.45) is 5.92 Å². The van der Waals surface area contributed by atoms with Crippen molar-refractivity contribution in [3.63, 3.8) is 0 Å². The van der Waals surface area contributed by atoms with E-state index < -0.39 is 15.8 Å². The molecule has 3 N–H and O–H groups in total. The lowest BCUT2D eigenvalue weighted by Gasteiger charge is -2.32. The summed E-state index contributed by atoms with van der Waals surface area (Å²) in [6, 6.07) is 2.23. The van der Waals surface area contributed by atoms with Gasteiger partial charge in [0.2, 0.25) is 10.0 Å². The summed E-state index contributed by atoms with van der Waals surface area (Å²) in [5, 5.41) is 0. The summed E-state index contributed by atoms with van der Waals surface area (Å²) in [6.07, 6.45) is 1.59. The minimum atomic E-state index is -3.82. The summed E-state index contributed by atoms with van der Waals surface area (Å²) in [5.74, 6) is -0.243. The molecule has 1 aliphatic rings. The molecule has 0 radical (unpaired) electrons. The third-order valence-corrected chi connectivity index (χ3v) is 4.84. The normalized spacial score (nSPS) is 23.7. The molecule has 0 bridgehead atoms. The second-order valence-corrected chi connectivity index (χ2v) is 6.72. The Hall–Kier alpha value is -1.14. The Kier molecular flexibility index (Phi) is 3.33. The van der Waals surface area contributed by atoms with Gasteiger partial charge in [0.05, 0.1) is 0 Å². The highest BCUT2D eigenvalue weighted by molar-refractivity contribution is 7.89. The van der Waals surface area contributed by atoms with Crippen molar-refractivity contribution in [1.29, 1.82) is 0 Å². The van der Waals surface area contributed by atoms with Crippen molar-refractivity contribution in [1.82, 2.24) is 4.72 Å². The molecule has 1 aliphatic carbocycles. The van der Waals surface area contributed by atoms with E-state index in [2.05, 4.69) is 11.6 Å². The first-order valence-corrected chi connectivity index (χ1v) is 7.36. The number of nitrogens with two attached hydrogens (primary N) is 1. The molecule has 0 spiro atoms. The average Bonchev–Trinajstić information content (AvgIpc) is 2.20.